The van der Waals surface area contributed by atoms with Crippen molar-refractivity contribution in [3.8, 4) is 0 Å². The predicted octanol–water partition coefficient (Wildman–Crippen LogP) is 2.60. The van der Waals surface area contributed by atoms with Crippen LogP contribution in [-0.4, -0.2) is 23.3 Å². The van der Waals surface area contributed by atoms with E-state index < -0.39 is 0 Å². The summed E-state index contributed by atoms with van der Waals surface area (Å²) in [6, 6.07) is 0. The summed E-state index contributed by atoms with van der Waals surface area (Å²) >= 11 is 0. The first-order valence-corrected chi connectivity index (χ1v) is 6.75. The van der Waals surface area contributed by atoms with E-state index in [4.69, 9.17) is 4.74 Å². The number of fused-ring (bicyclic) bond motifs is 1. The maximum absolute atomic E-state index is 11.5. The zero-order valence-electron chi connectivity index (χ0n) is 11.2. The standard InChI is InChI=1S/C15H22O3/c1-9-8-13-11(3)15(17)18-14(13)7-6-12(9)5-4-10(2)16/h6,9-10,13-14,16H,3-5,7-8H2,1-2H3. The van der Waals surface area contributed by atoms with Gasteiger partial charge in [0.05, 0.1) is 6.10 Å². The summed E-state index contributed by atoms with van der Waals surface area (Å²) in [5.74, 6) is 0.385. The number of esters is 1. The van der Waals surface area contributed by atoms with Gasteiger partial charge in [0, 0.05) is 17.9 Å². The SMILES string of the molecule is C=C1C(=O)OC2CC=C(CCC(C)O)C(C)CC12. The number of carbonyl (C=O) groups is 1. The maximum atomic E-state index is 11.5. The highest BCUT2D eigenvalue weighted by Gasteiger charge is 2.40. The molecule has 2 aliphatic rings. The zero-order valence-corrected chi connectivity index (χ0v) is 11.2. The van der Waals surface area contributed by atoms with Crippen LogP contribution in [0.15, 0.2) is 23.8 Å². The Balaban J connectivity index is 2.05. The molecule has 0 spiro atoms. The van der Waals surface area contributed by atoms with Gasteiger partial charge in [-0.2, -0.15) is 0 Å². The predicted molar refractivity (Wildman–Crippen MR) is 69.9 cm³/mol. The lowest BCUT2D eigenvalue weighted by atomic mass is 9.85. The van der Waals surface area contributed by atoms with Crippen molar-refractivity contribution in [3.63, 3.8) is 0 Å². The fraction of sp³-hybridized carbons (Fsp3) is 0.667. The minimum atomic E-state index is -0.256. The van der Waals surface area contributed by atoms with Crippen molar-refractivity contribution in [1.82, 2.24) is 0 Å². The fourth-order valence-electron chi connectivity index (χ4n) is 2.90. The minimum Gasteiger partial charge on any atom is -0.458 e. The lowest BCUT2D eigenvalue weighted by molar-refractivity contribution is -0.139. The summed E-state index contributed by atoms with van der Waals surface area (Å²) < 4.78 is 5.35. The number of carbonyl (C=O) groups excluding carboxylic acids is 1. The van der Waals surface area contributed by atoms with E-state index in [0.29, 0.717) is 11.5 Å². The molecule has 0 bridgehead atoms. The first-order chi connectivity index (χ1) is 8.49. The Bertz CT molecular complexity index is 381. The van der Waals surface area contributed by atoms with Gasteiger partial charge in [0.15, 0.2) is 0 Å². The Hall–Kier alpha value is -1.09. The Morgan fingerprint density at radius 3 is 3.00 bits per heavy atom. The Morgan fingerprint density at radius 2 is 2.33 bits per heavy atom. The van der Waals surface area contributed by atoms with Gasteiger partial charge in [0.2, 0.25) is 0 Å². The zero-order chi connectivity index (χ0) is 13.3. The molecule has 0 aromatic carbocycles. The molecule has 100 valence electrons. The van der Waals surface area contributed by atoms with Crippen LogP contribution >= 0.6 is 0 Å². The van der Waals surface area contributed by atoms with Crippen molar-refractivity contribution < 1.29 is 14.6 Å². The first kappa shape index (κ1) is 13.3. The van der Waals surface area contributed by atoms with Crippen LogP contribution < -0.4 is 0 Å². The number of allylic oxidation sites excluding steroid dienone is 1. The normalized spacial score (nSPS) is 33.5. The van der Waals surface area contributed by atoms with Gasteiger partial charge in [-0.25, -0.2) is 4.79 Å². The molecular weight excluding hydrogens is 228 g/mol. The third-order valence-corrected chi connectivity index (χ3v) is 4.12. The van der Waals surface area contributed by atoms with Gasteiger partial charge < -0.3 is 9.84 Å². The van der Waals surface area contributed by atoms with Gasteiger partial charge >= 0.3 is 5.97 Å². The lowest BCUT2D eigenvalue weighted by Gasteiger charge is -2.18. The molecule has 2 rings (SSSR count). The van der Waals surface area contributed by atoms with E-state index in [9.17, 15) is 9.90 Å². The molecular formula is C15H22O3. The summed E-state index contributed by atoms with van der Waals surface area (Å²) in [5.41, 5.74) is 2.02. The molecule has 0 radical (unpaired) electrons. The van der Waals surface area contributed by atoms with E-state index >= 15 is 0 Å². The summed E-state index contributed by atoms with van der Waals surface area (Å²) in [6.45, 7) is 7.86. The Labute approximate surface area is 109 Å². The average molecular weight is 250 g/mol. The molecule has 0 amide bonds. The van der Waals surface area contributed by atoms with Crippen LogP contribution in [0.25, 0.3) is 0 Å². The molecule has 0 saturated carbocycles. The molecule has 1 aliphatic heterocycles. The summed E-state index contributed by atoms with van der Waals surface area (Å²) in [4.78, 5) is 11.5. The average Bonchev–Trinajstić information content (AvgIpc) is 2.48. The Kier molecular flexibility index (Phi) is 3.91. The number of hydrogen-bond acceptors (Lipinski definition) is 3. The molecule has 0 aromatic rings. The van der Waals surface area contributed by atoms with Crippen molar-refractivity contribution in [2.75, 3.05) is 0 Å². The molecule has 3 heteroatoms. The van der Waals surface area contributed by atoms with Gasteiger partial charge in [-0.3, -0.25) is 0 Å². The van der Waals surface area contributed by atoms with Gasteiger partial charge in [-0.05, 0) is 32.1 Å². The molecule has 1 saturated heterocycles. The largest absolute Gasteiger partial charge is 0.458 e. The number of rotatable bonds is 3. The van der Waals surface area contributed by atoms with Crippen molar-refractivity contribution >= 4 is 5.97 Å². The smallest absolute Gasteiger partial charge is 0.334 e. The van der Waals surface area contributed by atoms with Crippen LogP contribution in [-0.2, 0) is 9.53 Å². The van der Waals surface area contributed by atoms with Crippen molar-refractivity contribution in [2.45, 2.75) is 51.7 Å². The van der Waals surface area contributed by atoms with Gasteiger partial charge in [-0.15, -0.1) is 0 Å². The quantitative estimate of drug-likeness (QED) is 0.476. The van der Waals surface area contributed by atoms with Crippen LogP contribution in [0.3, 0.4) is 0 Å². The number of ether oxygens (including phenoxy) is 1. The third-order valence-electron chi connectivity index (χ3n) is 4.12. The second-order valence-electron chi connectivity index (χ2n) is 5.61. The monoisotopic (exact) mass is 250 g/mol. The van der Waals surface area contributed by atoms with E-state index in [1.807, 2.05) is 6.92 Å². The van der Waals surface area contributed by atoms with E-state index in [2.05, 4.69) is 19.6 Å². The van der Waals surface area contributed by atoms with E-state index in [1.54, 1.807) is 0 Å². The molecule has 3 nitrogen and oxygen atoms in total. The fourth-order valence-corrected chi connectivity index (χ4v) is 2.90. The summed E-state index contributed by atoms with van der Waals surface area (Å²) in [7, 11) is 0. The summed E-state index contributed by atoms with van der Waals surface area (Å²) in [6.07, 6.45) is 5.37. The van der Waals surface area contributed by atoms with E-state index in [-0.39, 0.29) is 24.1 Å². The van der Waals surface area contributed by atoms with Crippen LogP contribution in [0.4, 0.5) is 0 Å². The number of aliphatic hydroxyl groups is 1. The Morgan fingerprint density at radius 1 is 1.61 bits per heavy atom. The molecule has 4 unspecified atom stereocenters. The molecule has 1 N–H and O–H groups in total. The van der Waals surface area contributed by atoms with Crippen LogP contribution in [0.2, 0.25) is 0 Å². The summed E-state index contributed by atoms with van der Waals surface area (Å²) in [5, 5.41) is 9.37. The van der Waals surface area contributed by atoms with Gasteiger partial charge in [0.1, 0.15) is 6.10 Å². The molecule has 1 fully saturated rings. The van der Waals surface area contributed by atoms with Gasteiger partial charge in [-0.1, -0.05) is 25.2 Å². The van der Waals surface area contributed by atoms with E-state index in [1.165, 1.54) is 5.57 Å². The topological polar surface area (TPSA) is 46.5 Å². The molecule has 1 aliphatic carbocycles. The third kappa shape index (κ3) is 2.66. The molecule has 0 aromatic heterocycles. The van der Waals surface area contributed by atoms with Crippen LogP contribution in [0.1, 0.15) is 39.5 Å². The number of hydrogen-bond donors (Lipinski definition) is 1. The lowest BCUT2D eigenvalue weighted by Crippen LogP contribution is -2.16. The highest BCUT2D eigenvalue weighted by molar-refractivity contribution is 5.90. The highest BCUT2D eigenvalue weighted by atomic mass is 16.6. The minimum absolute atomic E-state index is 0.0171. The van der Waals surface area contributed by atoms with Crippen LogP contribution in [0.5, 0.6) is 0 Å². The maximum Gasteiger partial charge on any atom is 0.334 e. The van der Waals surface area contributed by atoms with Crippen molar-refractivity contribution in [3.05, 3.63) is 23.8 Å². The molecule has 1 heterocycles. The molecule has 4 atom stereocenters. The van der Waals surface area contributed by atoms with Crippen molar-refractivity contribution in [1.29, 1.82) is 0 Å². The first-order valence-electron chi connectivity index (χ1n) is 6.75. The van der Waals surface area contributed by atoms with Crippen molar-refractivity contribution in [2.24, 2.45) is 11.8 Å². The van der Waals surface area contributed by atoms with E-state index in [0.717, 1.165) is 25.7 Å². The second kappa shape index (κ2) is 5.27. The highest BCUT2D eigenvalue weighted by Crippen LogP contribution is 2.39. The second-order valence-corrected chi connectivity index (χ2v) is 5.61. The number of aliphatic hydroxyl groups excluding tert-OH is 1. The van der Waals surface area contributed by atoms with Gasteiger partial charge in [0.25, 0.3) is 0 Å². The molecule has 18 heavy (non-hydrogen) atoms. The van der Waals surface area contributed by atoms with Crippen LogP contribution in [0, 0.1) is 11.8 Å².